The van der Waals surface area contributed by atoms with Crippen LogP contribution in [0.2, 0.25) is 0 Å². The number of ether oxygens (including phenoxy) is 2. The number of Topliss-reactive ketones (excluding diaryl/α,β-unsaturated/α-hetero) is 1. The SMILES string of the molecule is COC(=O)[C@@H]1C[C@H](NC(C)C)C(=O)C2[C@@]1(C)CC[C@H]1C(=O)O[C@H](c3ccoc3)C[C@]21C. The van der Waals surface area contributed by atoms with Crippen molar-refractivity contribution in [1.82, 2.24) is 5.32 Å². The van der Waals surface area contributed by atoms with Gasteiger partial charge < -0.3 is 19.2 Å². The van der Waals surface area contributed by atoms with E-state index in [1.807, 2.05) is 27.7 Å². The molecule has 1 unspecified atom stereocenters. The fourth-order valence-corrected chi connectivity index (χ4v) is 6.75. The summed E-state index contributed by atoms with van der Waals surface area (Å²) in [5, 5.41) is 3.36. The minimum absolute atomic E-state index is 0.0961. The van der Waals surface area contributed by atoms with Crippen molar-refractivity contribution in [2.45, 2.75) is 71.6 Å². The van der Waals surface area contributed by atoms with Gasteiger partial charge in [0.2, 0.25) is 0 Å². The first-order valence-corrected chi connectivity index (χ1v) is 11.2. The number of ketones is 1. The van der Waals surface area contributed by atoms with Gasteiger partial charge in [-0.2, -0.15) is 0 Å². The van der Waals surface area contributed by atoms with E-state index in [4.69, 9.17) is 13.9 Å². The normalized spacial score (nSPS) is 40.1. The minimum atomic E-state index is -0.620. The van der Waals surface area contributed by atoms with Gasteiger partial charge in [-0.3, -0.25) is 14.4 Å². The number of rotatable bonds is 4. The highest BCUT2D eigenvalue weighted by molar-refractivity contribution is 5.92. The van der Waals surface area contributed by atoms with Crippen molar-refractivity contribution in [3.05, 3.63) is 24.2 Å². The number of carbonyl (C=O) groups is 3. The zero-order valence-corrected chi connectivity index (χ0v) is 19.0. The van der Waals surface area contributed by atoms with Crippen LogP contribution in [0.5, 0.6) is 0 Å². The Kier molecular flexibility index (Phi) is 5.53. The predicted molar refractivity (Wildman–Crippen MR) is 112 cm³/mol. The number of cyclic esters (lactones) is 1. The molecule has 1 saturated heterocycles. The summed E-state index contributed by atoms with van der Waals surface area (Å²) in [7, 11) is 1.41. The topological polar surface area (TPSA) is 94.8 Å². The molecule has 0 radical (unpaired) electrons. The Morgan fingerprint density at radius 2 is 2.00 bits per heavy atom. The van der Waals surface area contributed by atoms with Gasteiger partial charge in [-0.15, -0.1) is 0 Å². The molecule has 4 rings (SSSR count). The number of carbonyl (C=O) groups excluding carboxylic acids is 3. The van der Waals surface area contributed by atoms with Gasteiger partial charge in [0, 0.05) is 17.5 Å². The summed E-state index contributed by atoms with van der Waals surface area (Å²) in [6, 6.07) is 1.45. The maximum Gasteiger partial charge on any atom is 0.310 e. The van der Waals surface area contributed by atoms with Gasteiger partial charge >= 0.3 is 11.9 Å². The van der Waals surface area contributed by atoms with E-state index in [1.165, 1.54) is 7.11 Å². The second kappa shape index (κ2) is 7.76. The molecule has 1 aliphatic heterocycles. The van der Waals surface area contributed by atoms with E-state index in [9.17, 15) is 14.4 Å². The number of fused-ring (bicyclic) bond motifs is 3. The molecule has 170 valence electrons. The number of hydrogen-bond acceptors (Lipinski definition) is 7. The summed E-state index contributed by atoms with van der Waals surface area (Å²) in [4.78, 5) is 39.9. The van der Waals surface area contributed by atoms with Crippen molar-refractivity contribution in [2.24, 2.45) is 28.6 Å². The van der Waals surface area contributed by atoms with Gasteiger partial charge in [0.1, 0.15) is 6.10 Å². The van der Waals surface area contributed by atoms with Crippen LogP contribution in [0, 0.1) is 28.6 Å². The van der Waals surface area contributed by atoms with Crippen LogP contribution in [0.4, 0.5) is 0 Å². The summed E-state index contributed by atoms with van der Waals surface area (Å²) >= 11 is 0. The molecular formula is C24H33NO6. The van der Waals surface area contributed by atoms with Crippen molar-refractivity contribution in [3.8, 4) is 0 Å². The van der Waals surface area contributed by atoms with E-state index in [-0.39, 0.29) is 29.7 Å². The van der Waals surface area contributed by atoms with Crippen LogP contribution in [0.25, 0.3) is 0 Å². The Balaban J connectivity index is 1.79. The van der Waals surface area contributed by atoms with Crippen molar-refractivity contribution in [3.63, 3.8) is 0 Å². The zero-order chi connectivity index (χ0) is 22.6. The summed E-state index contributed by atoms with van der Waals surface area (Å²) < 4.78 is 16.2. The molecule has 1 aromatic rings. The minimum Gasteiger partial charge on any atom is -0.472 e. The maximum absolute atomic E-state index is 13.9. The fourth-order valence-electron chi connectivity index (χ4n) is 6.75. The Morgan fingerprint density at radius 3 is 2.61 bits per heavy atom. The van der Waals surface area contributed by atoms with Crippen LogP contribution < -0.4 is 5.32 Å². The molecular weight excluding hydrogens is 398 g/mol. The lowest BCUT2D eigenvalue weighted by Crippen LogP contribution is -2.66. The van der Waals surface area contributed by atoms with E-state index in [0.29, 0.717) is 25.7 Å². The zero-order valence-electron chi connectivity index (χ0n) is 19.0. The Hall–Kier alpha value is -2.15. The lowest BCUT2D eigenvalue weighted by Gasteiger charge is -2.61. The van der Waals surface area contributed by atoms with Gasteiger partial charge in [-0.1, -0.05) is 27.7 Å². The molecule has 7 heteroatoms. The Morgan fingerprint density at radius 1 is 1.26 bits per heavy atom. The van der Waals surface area contributed by atoms with E-state index in [0.717, 1.165) is 5.56 Å². The molecule has 0 spiro atoms. The average molecular weight is 432 g/mol. The quantitative estimate of drug-likeness (QED) is 0.730. The van der Waals surface area contributed by atoms with E-state index in [2.05, 4.69) is 5.32 Å². The summed E-state index contributed by atoms with van der Waals surface area (Å²) in [6.07, 6.45) is 4.85. The van der Waals surface area contributed by atoms with Crippen molar-refractivity contribution < 1.29 is 28.3 Å². The third-order valence-electron chi connectivity index (χ3n) is 8.09. The number of furan rings is 1. The van der Waals surface area contributed by atoms with Gasteiger partial charge in [0.05, 0.1) is 37.5 Å². The first-order chi connectivity index (χ1) is 14.6. The number of esters is 2. The van der Waals surface area contributed by atoms with E-state index in [1.54, 1.807) is 18.6 Å². The van der Waals surface area contributed by atoms with E-state index < -0.39 is 34.8 Å². The highest BCUT2D eigenvalue weighted by atomic mass is 16.5. The summed E-state index contributed by atoms with van der Waals surface area (Å²) in [5.74, 6) is -1.65. The third-order valence-corrected chi connectivity index (χ3v) is 8.09. The van der Waals surface area contributed by atoms with Crippen LogP contribution in [-0.4, -0.2) is 36.9 Å². The molecule has 0 aromatic carbocycles. The summed E-state index contributed by atoms with van der Waals surface area (Å²) in [6.45, 7) is 8.06. The second-order valence-electron chi connectivity index (χ2n) is 10.3. The van der Waals surface area contributed by atoms with Crippen molar-refractivity contribution >= 4 is 17.7 Å². The molecule has 3 fully saturated rings. The highest BCUT2D eigenvalue weighted by Crippen LogP contribution is 2.64. The average Bonchev–Trinajstić information content (AvgIpc) is 3.23. The predicted octanol–water partition coefficient (Wildman–Crippen LogP) is 3.44. The fraction of sp³-hybridized carbons (Fsp3) is 0.708. The molecule has 0 bridgehead atoms. The van der Waals surface area contributed by atoms with Crippen LogP contribution in [-0.2, 0) is 23.9 Å². The summed E-state index contributed by atoms with van der Waals surface area (Å²) in [5.41, 5.74) is -0.390. The molecule has 1 aromatic heterocycles. The van der Waals surface area contributed by atoms with Gasteiger partial charge in [0.15, 0.2) is 5.78 Å². The number of nitrogens with one attached hydrogen (secondary N) is 1. The molecule has 2 saturated carbocycles. The molecule has 7 atom stereocenters. The van der Waals surface area contributed by atoms with Crippen molar-refractivity contribution in [1.29, 1.82) is 0 Å². The highest BCUT2D eigenvalue weighted by Gasteiger charge is 2.67. The Labute approximate surface area is 183 Å². The molecule has 2 aliphatic carbocycles. The Bertz CT molecular complexity index is 863. The standard InChI is InChI=1S/C24H33NO6/c1-13(2)25-17-10-16(21(27)29-5)23(3)8-6-15-22(28)31-18(14-7-9-30-12-14)11-24(15,4)20(23)19(17)26/h7,9,12-13,15-18,20,25H,6,8,10-11H2,1-5H3/t15-,16-,17-,18-,20?,23-,24-/m0/s1. The van der Waals surface area contributed by atoms with Gasteiger partial charge in [-0.25, -0.2) is 0 Å². The maximum atomic E-state index is 13.9. The first kappa shape index (κ1) is 22.1. The van der Waals surface area contributed by atoms with Gasteiger partial charge in [0.25, 0.3) is 0 Å². The van der Waals surface area contributed by atoms with Crippen LogP contribution in [0.15, 0.2) is 23.0 Å². The van der Waals surface area contributed by atoms with Crippen LogP contribution in [0.3, 0.4) is 0 Å². The molecule has 1 N–H and O–H groups in total. The molecule has 2 heterocycles. The first-order valence-electron chi connectivity index (χ1n) is 11.2. The molecule has 31 heavy (non-hydrogen) atoms. The second-order valence-corrected chi connectivity index (χ2v) is 10.3. The van der Waals surface area contributed by atoms with E-state index >= 15 is 0 Å². The van der Waals surface area contributed by atoms with Crippen LogP contribution >= 0.6 is 0 Å². The van der Waals surface area contributed by atoms with Gasteiger partial charge in [-0.05, 0) is 42.6 Å². The smallest absolute Gasteiger partial charge is 0.310 e. The lowest BCUT2D eigenvalue weighted by molar-refractivity contribution is -0.203. The van der Waals surface area contributed by atoms with Crippen molar-refractivity contribution in [2.75, 3.05) is 7.11 Å². The largest absolute Gasteiger partial charge is 0.472 e. The lowest BCUT2D eigenvalue weighted by atomic mass is 9.43. The molecule has 0 amide bonds. The third kappa shape index (κ3) is 3.41. The monoisotopic (exact) mass is 431 g/mol. The number of hydrogen-bond donors (Lipinski definition) is 1. The van der Waals surface area contributed by atoms with Crippen LogP contribution in [0.1, 0.15) is 65.0 Å². The molecule has 7 nitrogen and oxygen atoms in total. The molecule has 3 aliphatic rings. The number of methoxy groups -OCH3 is 1.